The van der Waals surface area contributed by atoms with Crippen LogP contribution in [0.2, 0.25) is 0 Å². The molecular formula is C12H19FN4O. The van der Waals surface area contributed by atoms with Crippen molar-refractivity contribution in [2.45, 2.75) is 44.7 Å². The summed E-state index contributed by atoms with van der Waals surface area (Å²) in [6.45, 7) is -0.505. The lowest BCUT2D eigenvalue weighted by atomic mass is 9.95. The predicted molar refractivity (Wildman–Crippen MR) is 67.0 cm³/mol. The Kier molecular flexibility index (Phi) is 4.17. The lowest BCUT2D eigenvalue weighted by molar-refractivity contribution is 0.0917. The Bertz CT molecular complexity index is 412. The van der Waals surface area contributed by atoms with E-state index in [1.54, 1.807) is 0 Å². The summed E-state index contributed by atoms with van der Waals surface area (Å²) in [5.41, 5.74) is 6.29. The third-order valence-corrected chi connectivity index (χ3v) is 3.32. The van der Waals surface area contributed by atoms with Gasteiger partial charge in [0, 0.05) is 6.04 Å². The Morgan fingerprint density at radius 2 is 2.22 bits per heavy atom. The molecule has 0 aromatic carbocycles. The number of nitrogens with zero attached hydrogens (tertiary/aromatic N) is 2. The molecule has 1 fully saturated rings. The number of alkyl halides is 1. The normalized spacial score (nSPS) is 16.7. The molecule has 0 bridgehead atoms. The minimum atomic E-state index is -0.565. The van der Waals surface area contributed by atoms with Crippen LogP contribution in [-0.4, -0.2) is 28.4 Å². The first-order valence-corrected chi connectivity index (χ1v) is 6.40. The SMILES string of the molecule is Nc1cnn(CCF)c1C(=O)NC1CCCCC1. The average molecular weight is 254 g/mol. The van der Waals surface area contributed by atoms with E-state index in [-0.39, 0.29) is 24.2 Å². The van der Waals surface area contributed by atoms with Gasteiger partial charge >= 0.3 is 0 Å². The number of carbonyl (C=O) groups is 1. The van der Waals surface area contributed by atoms with Gasteiger partial charge in [-0.3, -0.25) is 9.48 Å². The fraction of sp³-hybridized carbons (Fsp3) is 0.667. The fourth-order valence-corrected chi connectivity index (χ4v) is 2.40. The van der Waals surface area contributed by atoms with Gasteiger partial charge in [0.25, 0.3) is 5.91 Å². The minimum Gasteiger partial charge on any atom is -0.396 e. The van der Waals surface area contributed by atoms with Gasteiger partial charge in [0.05, 0.1) is 18.4 Å². The molecule has 1 heterocycles. The summed E-state index contributed by atoms with van der Waals surface area (Å²) in [4.78, 5) is 12.1. The molecule has 18 heavy (non-hydrogen) atoms. The van der Waals surface area contributed by atoms with E-state index in [0.717, 1.165) is 25.7 Å². The van der Waals surface area contributed by atoms with Gasteiger partial charge in [-0.1, -0.05) is 19.3 Å². The number of nitrogens with one attached hydrogen (secondary N) is 1. The Labute approximate surface area is 106 Å². The fourth-order valence-electron chi connectivity index (χ4n) is 2.40. The van der Waals surface area contributed by atoms with E-state index in [4.69, 9.17) is 5.73 Å². The van der Waals surface area contributed by atoms with E-state index in [1.165, 1.54) is 17.3 Å². The van der Waals surface area contributed by atoms with Crippen LogP contribution in [-0.2, 0) is 6.54 Å². The van der Waals surface area contributed by atoms with Gasteiger partial charge in [-0.05, 0) is 12.8 Å². The second-order valence-electron chi connectivity index (χ2n) is 4.67. The third-order valence-electron chi connectivity index (χ3n) is 3.32. The van der Waals surface area contributed by atoms with Crippen LogP contribution < -0.4 is 11.1 Å². The number of hydrogen-bond donors (Lipinski definition) is 2. The highest BCUT2D eigenvalue weighted by molar-refractivity contribution is 5.97. The van der Waals surface area contributed by atoms with Crippen LogP contribution >= 0.6 is 0 Å². The summed E-state index contributed by atoms with van der Waals surface area (Å²) < 4.78 is 13.7. The van der Waals surface area contributed by atoms with Gasteiger partial charge in [-0.25, -0.2) is 4.39 Å². The van der Waals surface area contributed by atoms with E-state index < -0.39 is 6.67 Å². The molecule has 1 amide bonds. The van der Waals surface area contributed by atoms with Crippen LogP contribution in [0, 0.1) is 0 Å². The van der Waals surface area contributed by atoms with Crippen LogP contribution in [0.25, 0.3) is 0 Å². The zero-order valence-electron chi connectivity index (χ0n) is 10.4. The van der Waals surface area contributed by atoms with Crippen LogP contribution in [0.4, 0.5) is 10.1 Å². The van der Waals surface area contributed by atoms with Gasteiger partial charge in [0.15, 0.2) is 0 Å². The van der Waals surface area contributed by atoms with Gasteiger partial charge in [0.1, 0.15) is 12.4 Å². The standard InChI is InChI=1S/C12H19FN4O/c13-6-7-17-11(10(14)8-15-17)12(18)16-9-4-2-1-3-5-9/h8-9H,1-7,14H2,(H,16,18). The lowest BCUT2D eigenvalue weighted by Gasteiger charge is -2.22. The number of anilines is 1. The van der Waals surface area contributed by atoms with Gasteiger partial charge < -0.3 is 11.1 Å². The summed E-state index contributed by atoms with van der Waals surface area (Å²) in [5, 5.41) is 6.87. The smallest absolute Gasteiger partial charge is 0.271 e. The van der Waals surface area contributed by atoms with Crippen molar-refractivity contribution in [3.8, 4) is 0 Å². The molecule has 1 aliphatic carbocycles. The van der Waals surface area contributed by atoms with Gasteiger partial charge in [0.2, 0.25) is 0 Å². The van der Waals surface area contributed by atoms with E-state index in [0.29, 0.717) is 5.69 Å². The molecule has 0 radical (unpaired) electrons. The molecule has 5 nitrogen and oxygen atoms in total. The number of hydrogen-bond acceptors (Lipinski definition) is 3. The number of carbonyl (C=O) groups excluding carboxylic acids is 1. The number of amides is 1. The maximum atomic E-state index is 12.4. The van der Waals surface area contributed by atoms with Crippen molar-refractivity contribution in [1.82, 2.24) is 15.1 Å². The van der Waals surface area contributed by atoms with Crippen molar-refractivity contribution in [2.24, 2.45) is 0 Å². The second-order valence-corrected chi connectivity index (χ2v) is 4.67. The predicted octanol–water partition coefficient (Wildman–Crippen LogP) is 1.50. The molecule has 1 saturated carbocycles. The summed E-state index contributed by atoms with van der Waals surface area (Å²) in [6, 6.07) is 0.208. The second kappa shape index (κ2) is 5.84. The first kappa shape index (κ1) is 12.9. The maximum Gasteiger partial charge on any atom is 0.271 e. The van der Waals surface area contributed by atoms with Crippen LogP contribution in [0.5, 0.6) is 0 Å². The molecular weight excluding hydrogens is 235 g/mol. The molecule has 0 saturated heterocycles. The quantitative estimate of drug-likeness (QED) is 0.855. The lowest BCUT2D eigenvalue weighted by Crippen LogP contribution is -2.37. The minimum absolute atomic E-state index is 0.0601. The molecule has 2 rings (SSSR count). The van der Waals surface area contributed by atoms with Crippen LogP contribution in [0.3, 0.4) is 0 Å². The maximum absolute atomic E-state index is 12.4. The third kappa shape index (κ3) is 2.80. The molecule has 0 spiro atoms. The number of nitrogen functional groups attached to an aromatic ring is 1. The molecule has 6 heteroatoms. The number of aromatic nitrogens is 2. The Balaban J connectivity index is 2.05. The number of nitrogens with two attached hydrogens (primary N) is 1. The van der Waals surface area contributed by atoms with Gasteiger partial charge in [-0.15, -0.1) is 0 Å². The molecule has 0 atom stereocenters. The molecule has 0 unspecified atom stereocenters. The number of aryl methyl sites for hydroxylation is 1. The molecule has 1 aliphatic rings. The Morgan fingerprint density at radius 1 is 1.50 bits per heavy atom. The largest absolute Gasteiger partial charge is 0.396 e. The zero-order valence-corrected chi connectivity index (χ0v) is 10.4. The highest BCUT2D eigenvalue weighted by Gasteiger charge is 2.21. The van der Waals surface area contributed by atoms with E-state index in [2.05, 4.69) is 10.4 Å². The topological polar surface area (TPSA) is 72.9 Å². The number of rotatable bonds is 4. The highest BCUT2D eigenvalue weighted by atomic mass is 19.1. The Morgan fingerprint density at radius 3 is 2.89 bits per heavy atom. The Hall–Kier alpha value is -1.59. The van der Waals surface area contributed by atoms with E-state index in [1.807, 2.05) is 0 Å². The van der Waals surface area contributed by atoms with Crippen molar-refractivity contribution in [3.05, 3.63) is 11.9 Å². The van der Waals surface area contributed by atoms with Crippen LogP contribution in [0.15, 0.2) is 6.20 Å². The van der Waals surface area contributed by atoms with Crippen molar-refractivity contribution >= 4 is 11.6 Å². The molecule has 1 aromatic rings. The average Bonchev–Trinajstić information content (AvgIpc) is 2.72. The first-order valence-electron chi connectivity index (χ1n) is 6.40. The zero-order chi connectivity index (χ0) is 13.0. The summed E-state index contributed by atoms with van der Waals surface area (Å²) in [5.74, 6) is -0.245. The molecule has 1 aromatic heterocycles. The van der Waals surface area contributed by atoms with E-state index in [9.17, 15) is 9.18 Å². The van der Waals surface area contributed by atoms with Crippen molar-refractivity contribution in [3.63, 3.8) is 0 Å². The van der Waals surface area contributed by atoms with Crippen molar-refractivity contribution in [2.75, 3.05) is 12.4 Å². The molecule has 0 aliphatic heterocycles. The molecule has 100 valence electrons. The molecule has 3 N–H and O–H groups in total. The van der Waals surface area contributed by atoms with E-state index >= 15 is 0 Å². The first-order chi connectivity index (χ1) is 8.72. The summed E-state index contributed by atoms with van der Waals surface area (Å²) >= 11 is 0. The van der Waals surface area contributed by atoms with Crippen LogP contribution in [0.1, 0.15) is 42.6 Å². The van der Waals surface area contributed by atoms with Crippen molar-refractivity contribution < 1.29 is 9.18 Å². The highest BCUT2D eigenvalue weighted by Crippen LogP contribution is 2.19. The monoisotopic (exact) mass is 254 g/mol. The van der Waals surface area contributed by atoms with Crippen molar-refractivity contribution in [1.29, 1.82) is 0 Å². The summed E-state index contributed by atoms with van der Waals surface area (Å²) in [6.07, 6.45) is 6.92. The number of halogens is 1. The summed E-state index contributed by atoms with van der Waals surface area (Å²) in [7, 11) is 0. The van der Waals surface area contributed by atoms with Gasteiger partial charge in [-0.2, -0.15) is 5.10 Å².